The Bertz CT molecular complexity index is 561. The number of aliphatic imine (C=N–C) groups is 1. The van der Waals surface area contributed by atoms with E-state index in [0.717, 1.165) is 90.1 Å². The zero-order valence-electron chi connectivity index (χ0n) is 16.8. The Balaban J connectivity index is 0.00000280. The summed E-state index contributed by atoms with van der Waals surface area (Å²) in [5.74, 6) is 1.75. The van der Waals surface area contributed by atoms with E-state index in [1.54, 1.807) is 0 Å². The Kier molecular flexibility index (Phi) is 10.8. The minimum absolute atomic E-state index is 0. The molecule has 1 atom stereocenters. The zero-order chi connectivity index (χ0) is 18.7. The van der Waals surface area contributed by atoms with Crippen LogP contribution in [0, 0.1) is 0 Å². The molecule has 9 heteroatoms. The van der Waals surface area contributed by atoms with Gasteiger partial charge in [-0.1, -0.05) is 0 Å². The van der Waals surface area contributed by atoms with Gasteiger partial charge in [0.05, 0.1) is 12.6 Å². The van der Waals surface area contributed by atoms with Crippen molar-refractivity contribution in [2.24, 2.45) is 4.99 Å². The highest BCUT2D eigenvalue weighted by Gasteiger charge is 2.18. The second-order valence-corrected chi connectivity index (χ2v) is 7.01. The van der Waals surface area contributed by atoms with Gasteiger partial charge in [-0.2, -0.15) is 0 Å². The smallest absolute Gasteiger partial charge is 0.225 e. The minimum atomic E-state index is 0. The van der Waals surface area contributed by atoms with Crippen molar-refractivity contribution in [3.8, 4) is 0 Å². The van der Waals surface area contributed by atoms with Gasteiger partial charge in [0.25, 0.3) is 0 Å². The standard InChI is InChI=1S/C19H33N7O.HI/c1-2-20-18(24-16-17-6-3-15-27-17)21-9-5-10-25-11-13-26(14-12-25)19-22-7-4-8-23-19;/h4,7-8,17H,2-3,5-6,9-16H2,1H3,(H2,20,21,24);1H. The van der Waals surface area contributed by atoms with Crippen molar-refractivity contribution in [3.05, 3.63) is 18.5 Å². The van der Waals surface area contributed by atoms with Crippen LogP contribution in [0.2, 0.25) is 0 Å². The number of rotatable bonds is 8. The van der Waals surface area contributed by atoms with Gasteiger partial charge in [0.15, 0.2) is 5.96 Å². The predicted molar refractivity (Wildman–Crippen MR) is 124 cm³/mol. The number of hydrogen-bond donors (Lipinski definition) is 2. The van der Waals surface area contributed by atoms with Crippen LogP contribution in [-0.4, -0.2) is 85.9 Å². The van der Waals surface area contributed by atoms with Gasteiger partial charge >= 0.3 is 0 Å². The molecule has 0 saturated carbocycles. The Morgan fingerprint density at radius 1 is 1.21 bits per heavy atom. The average Bonchev–Trinajstić information content (AvgIpc) is 3.24. The number of ether oxygens (including phenoxy) is 1. The molecule has 1 aromatic heterocycles. The van der Waals surface area contributed by atoms with Crippen LogP contribution in [-0.2, 0) is 4.74 Å². The predicted octanol–water partition coefficient (Wildman–Crippen LogP) is 1.34. The minimum Gasteiger partial charge on any atom is -0.376 e. The fourth-order valence-electron chi connectivity index (χ4n) is 3.46. The highest BCUT2D eigenvalue weighted by molar-refractivity contribution is 14.0. The van der Waals surface area contributed by atoms with Crippen LogP contribution >= 0.6 is 24.0 Å². The number of halogens is 1. The first-order valence-corrected chi connectivity index (χ1v) is 10.2. The summed E-state index contributed by atoms with van der Waals surface area (Å²) in [6.45, 7) is 10.7. The van der Waals surface area contributed by atoms with E-state index in [9.17, 15) is 0 Å². The first-order valence-electron chi connectivity index (χ1n) is 10.2. The van der Waals surface area contributed by atoms with Crippen LogP contribution in [0.5, 0.6) is 0 Å². The maximum absolute atomic E-state index is 5.64. The topological polar surface area (TPSA) is 77.9 Å². The molecule has 2 saturated heterocycles. The lowest BCUT2D eigenvalue weighted by Gasteiger charge is -2.34. The van der Waals surface area contributed by atoms with Crippen LogP contribution in [0.4, 0.5) is 5.95 Å². The summed E-state index contributed by atoms with van der Waals surface area (Å²) in [5, 5.41) is 6.76. The molecule has 3 heterocycles. The summed E-state index contributed by atoms with van der Waals surface area (Å²) in [7, 11) is 0. The molecule has 0 amide bonds. The third-order valence-corrected chi connectivity index (χ3v) is 4.97. The van der Waals surface area contributed by atoms with Gasteiger partial charge in [-0.15, -0.1) is 24.0 Å². The Morgan fingerprint density at radius 2 is 2.00 bits per heavy atom. The SMILES string of the molecule is CCNC(=NCC1CCCO1)NCCCN1CCN(c2ncccn2)CC1.I. The van der Waals surface area contributed by atoms with Gasteiger partial charge in [0, 0.05) is 58.3 Å². The molecule has 2 N–H and O–H groups in total. The maximum Gasteiger partial charge on any atom is 0.225 e. The Labute approximate surface area is 185 Å². The number of hydrogen-bond acceptors (Lipinski definition) is 6. The molecule has 2 fully saturated rings. The van der Waals surface area contributed by atoms with E-state index in [0.29, 0.717) is 6.10 Å². The quantitative estimate of drug-likeness (QED) is 0.240. The fourth-order valence-corrected chi connectivity index (χ4v) is 3.46. The molecule has 3 rings (SSSR count). The van der Waals surface area contributed by atoms with Gasteiger partial charge in [-0.25, -0.2) is 9.97 Å². The molecule has 0 spiro atoms. The zero-order valence-corrected chi connectivity index (χ0v) is 19.2. The van der Waals surface area contributed by atoms with Crippen LogP contribution in [0.15, 0.2) is 23.5 Å². The number of aromatic nitrogens is 2. The molecule has 1 unspecified atom stereocenters. The summed E-state index contributed by atoms with van der Waals surface area (Å²) < 4.78 is 5.64. The number of anilines is 1. The average molecular weight is 503 g/mol. The lowest BCUT2D eigenvalue weighted by Crippen LogP contribution is -2.47. The molecule has 2 aliphatic heterocycles. The second-order valence-electron chi connectivity index (χ2n) is 7.01. The van der Waals surface area contributed by atoms with Crippen molar-refractivity contribution in [2.45, 2.75) is 32.3 Å². The van der Waals surface area contributed by atoms with E-state index in [4.69, 9.17) is 4.74 Å². The van der Waals surface area contributed by atoms with E-state index in [-0.39, 0.29) is 24.0 Å². The highest BCUT2D eigenvalue weighted by Crippen LogP contribution is 2.12. The Morgan fingerprint density at radius 3 is 2.68 bits per heavy atom. The van der Waals surface area contributed by atoms with Crippen LogP contribution in [0.25, 0.3) is 0 Å². The Hall–Kier alpha value is -1.20. The largest absolute Gasteiger partial charge is 0.376 e. The van der Waals surface area contributed by atoms with Crippen LogP contribution in [0.1, 0.15) is 26.2 Å². The first-order chi connectivity index (χ1) is 13.3. The number of piperazine rings is 1. The number of guanidine groups is 1. The van der Waals surface area contributed by atoms with Crippen molar-refractivity contribution in [1.29, 1.82) is 0 Å². The van der Waals surface area contributed by atoms with Crippen molar-refractivity contribution in [3.63, 3.8) is 0 Å². The molecule has 8 nitrogen and oxygen atoms in total. The second kappa shape index (κ2) is 13.1. The molecule has 1 aromatic rings. The van der Waals surface area contributed by atoms with Gasteiger partial charge in [0.1, 0.15) is 0 Å². The highest BCUT2D eigenvalue weighted by atomic mass is 127. The lowest BCUT2D eigenvalue weighted by atomic mass is 10.2. The summed E-state index contributed by atoms with van der Waals surface area (Å²) >= 11 is 0. The molecule has 0 aliphatic carbocycles. The normalized spacial score (nSPS) is 20.7. The van der Waals surface area contributed by atoms with Crippen molar-refractivity contribution >= 4 is 35.9 Å². The van der Waals surface area contributed by atoms with E-state index < -0.39 is 0 Å². The molecule has 0 aromatic carbocycles. The summed E-state index contributed by atoms with van der Waals surface area (Å²) in [6, 6.07) is 1.86. The monoisotopic (exact) mass is 503 g/mol. The van der Waals surface area contributed by atoms with Gasteiger partial charge in [0.2, 0.25) is 5.95 Å². The lowest BCUT2D eigenvalue weighted by molar-refractivity contribution is 0.117. The molecule has 0 bridgehead atoms. The van der Waals surface area contributed by atoms with Crippen LogP contribution < -0.4 is 15.5 Å². The van der Waals surface area contributed by atoms with E-state index >= 15 is 0 Å². The van der Waals surface area contributed by atoms with Crippen molar-refractivity contribution in [1.82, 2.24) is 25.5 Å². The number of nitrogens with one attached hydrogen (secondary N) is 2. The van der Waals surface area contributed by atoms with E-state index in [1.165, 1.54) is 0 Å². The summed E-state index contributed by atoms with van der Waals surface area (Å²) in [6.07, 6.45) is 7.30. The van der Waals surface area contributed by atoms with Gasteiger partial charge in [-0.05, 0) is 38.8 Å². The molecule has 28 heavy (non-hydrogen) atoms. The third-order valence-electron chi connectivity index (χ3n) is 4.97. The molecular formula is C19H34IN7O. The molecule has 158 valence electrons. The number of nitrogens with zero attached hydrogens (tertiary/aromatic N) is 5. The first kappa shape index (κ1) is 23.1. The fraction of sp³-hybridized carbons (Fsp3) is 0.737. The van der Waals surface area contributed by atoms with Gasteiger partial charge in [-0.3, -0.25) is 9.89 Å². The van der Waals surface area contributed by atoms with Gasteiger partial charge < -0.3 is 20.3 Å². The summed E-state index contributed by atoms with van der Waals surface area (Å²) in [5.41, 5.74) is 0. The third kappa shape index (κ3) is 7.67. The molecular weight excluding hydrogens is 469 g/mol. The maximum atomic E-state index is 5.64. The molecule has 0 radical (unpaired) electrons. The van der Waals surface area contributed by atoms with E-state index in [2.05, 4.69) is 42.3 Å². The van der Waals surface area contributed by atoms with Crippen molar-refractivity contribution in [2.75, 3.05) is 63.9 Å². The summed E-state index contributed by atoms with van der Waals surface area (Å²) in [4.78, 5) is 18.1. The van der Waals surface area contributed by atoms with Crippen molar-refractivity contribution < 1.29 is 4.74 Å². The van der Waals surface area contributed by atoms with Crippen LogP contribution in [0.3, 0.4) is 0 Å². The molecule has 2 aliphatic rings. The van der Waals surface area contributed by atoms with E-state index in [1.807, 2.05) is 18.5 Å².